The second-order valence-electron chi connectivity index (χ2n) is 6.94. The maximum atomic E-state index is 14.8. The van der Waals surface area contributed by atoms with Crippen molar-refractivity contribution in [3.63, 3.8) is 0 Å². The van der Waals surface area contributed by atoms with Gasteiger partial charge in [-0.25, -0.2) is 13.8 Å². The highest BCUT2D eigenvalue weighted by atomic mass is 79.9. The highest BCUT2D eigenvalue weighted by molar-refractivity contribution is 9.10. The van der Waals surface area contributed by atoms with Gasteiger partial charge in [0, 0.05) is 10.7 Å². The van der Waals surface area contributed by atoms with E-state index in [2.05, 4.69) is 43.4 Å². The Balaban J connectivity index is 1.86. The quantitative estimate of drug-likeness (QED) is 0.597. The largest absolute Gasteiger partial charge is 0.383 e. The van der Waals surface area contributed by atoms with E-state index in [0.717, 1.165) is 42.1 Å². The molecule has 4 rings (SSSR count). The maximum absolute atomic E-state index is 14.8. The van der Waals surface area contributed by atoms with Crippen molar-refractivity contribution >= 4 is 21.7 Å². The lowest BCUT2D eigenvalue weighted by atomic mass is 10.0. The number of hydrogen-bond acceptors (Lipinski definition) is 5. The van der Waals surface area contributed by atoms with Crippen LogP contribution < -0.4 is 5.73 Å². The summed E-state index contributed by atoms with van der Waals surface area (Å²) >= 11 is 3.51. The Morgan fingerprint density at radius 2 is 2.04 bits per heavy atom. The van der Waals surface area contributed by atoms with Gasteiger partial charge < -0.3 is 5.73 Å². The average Bonchev–Trinajstić information content (AvgIpc) is 3.42. The Kier molecular flexibility index (Phi) is 5.09. The van der Waals surface area contributed by atoms with E-state index in [-0.39, 0.29) is 23.2 Å². The van der Waals surface area contributed by atoms with Gasteiger partial charge in [0.25, 0.3) is 0 Å². The summed E-state index contributed by atoms with van der Waals surface area (Å²) in [6.45, 7) is 2.09. The number of anilines is 1. The fourth-order valence-corrected chi connectivity index (χ4v) is 3.82. The summed E-state index contributed by atoms with van der Waals surface area (Å²) in [7, 11) is 0. The molecule has 0 amide bonds. The summed E-state index contributed by atoms with van der Waals surface area (Å²) in [5.74, 6) is -1.24. The first kappa shape index (κ1) is 18.9. The third kappa shape index (κ3) is 3.28. The molecule has 0 unspecified atom stereocenters. The standard InChI is InChI=1S/C19H19BrF2N6/c1-2-3-4-12-13(20)9-24-18(23)15(12)19-25-26-27-28(19)14-8-7-11(10-5-6-10)16(21)17(14)22/h7-10H,2-6H2,1H3,(H2,23,24). The summed E-state index contributed by atoms with van der Waals surface area (Å²) < 4.78 is 31.4. The lowest BCUT2D eigenvalue weighted by Gasteiger charge is -2.14. The zero-order valence-corrected chi connectivity index (χ0v) is 16.9. The van der Waals surface area contributed by atoms with E-state index in [4.69, 9.17) is 5.73 Å². The number of hydrogen-bond donors (Lipinski definition) is 1. The van der Waals surface area contributed by atoms with Crippen molar-refractivity contribution in [2.45, 2.75) is 44.9 Å². The molecule has 0 radical (unpaired) electrons. The molecule has 2 aromatic heterocycles. The summed E-state index contributed by atoms with van der Waals surface area (Å²) in [5, 5.41) is 11.6. The molecule has 28 heavy (non-hydrogen) atoms. The first-order valence-corrected chi connectivity index (χ1v) is 10.0. The highest BCUT2D eigenvalue weighted by Gasteiger charge is 2.30. The Bertz CT molecular complexity index is 1030. The first-order valence-electron chi connectivity index (χ1n) is 9.22. The van der Waals surface area contributed by atoms with E-state index in [1.165, 1.54) is 10.7 Å². The van der Waals surface area contributed by atoms with Gasteiger partial charge >= 0.3 is 0 Å². The highest BCUT2D eigenvalue weighted by Crippen LogP contribution is 2.42. The van der Waals surface area contributed by atoms with Gasteiger partial charge in [-0.05, 0) is 75.2 Å². The predicted octanol–water partition coefficient (Wildman–Crippen LogP) is 4.57. The van der Waals surface area contributed by atoms with Gasteiger partial charge in [0.2, 0.25) is 0 Å². The van der Waals surface area contributed by atoms with Crippen LogP contribution in [0.5, 0.6) is 0 Å². The van der Waals surface area contributed by atoms with E-state index >= 15 is 0 Å². The summed E-state index contributed by atoms with van der Waals surface area (Å²) in [6.07, 6.45) is 6.03. The maximum Gasteiger partial charge on any atom is 0.191 e. The zero-order chi connectivity index (χ0) is 19.8. The van der Waals surface area contributed by atoms with Crippen LogP contribution in [-0.2, 0) is 6.42 Å². The van der Waals surface area contributed by atoms with E-state index in [0.29, 0.717) is 11.1 Å². The molecule has 0 spiro atoms. The zero-order valence-electron chi connectivity index (χ0n) is 15.3. The second-order valence-corrected chi connectivity index (χ2v) is 7.79. The van der Waals surface area contributed by atoms with Crippen LogP contribution in [0, 0.1) is 11.6 Å². The van der Waals surface area contributed by atoms with Crippen molar-refractivity contribution in [3.05, 3.63) is 45.6 Å². The summed E-state index contributed by atoms with van der Waals surface area (Å²) in [4.78, 5) is 4.18. The SMILES string of the molecule is CCCCc1c(Br)cnc(N)c1-c1nnnn1-c1ccc(C2CC2)c(F)c1F. The number of aromatic nitrogens is 5. The Labute approximate surface area is 169 Å². The van der Waals surface area contributed by atoms with Crippen molar-refractivity contribution in [1.29, 1.82) is 0 Å². The van der Waals surface area contributed by atoms with E-state index in [1.54, 1.807) is 12.3 Å². The number of rotatable bonds is 6. The molecule has 1 aliphatic rings. The van der Waals surface area contributed by atoms with Crippen LogP contribution in [0.2, 0.25) is 0 Å². The molecule has 2 N–H and O–H groups in total. The van der Waals surface area contributed by atoms with Crippen LogP contribution in [0.25, 0.3) is 17.1 Å². The van der Waals surface area contributed by atoms with Crippen LogP contribution in [0.15, 0.2) is 22.8 Å². The number of tetrazole rings is 1. The molecular weight excluding hydrogens is 430 g/mol. The normalized spacial score (nSPS) is 13.9. The Hall–Kier alpha value is -2.42. The first-order chi connectivity index (χ1) is 13.5. The monoisotopic (exact) mass is 448 g/mol. The molecule has 0 atom stereocenters. The van der Waals surface area contributed by atoms with Gasteiger partial charge in [0.05, 0.1) is 5.56 Å². The van der Waals surface area contributed by atoms with Crippen LogP contribution in [0.4, 0.5) is 14.6 Å². The topological polar surface area (TPSA) is 82.5 Å². The molecule has 1 saturated carbocycles. The molecule has 2 heterocycles. The number of pyridine rings is 1. The fourth-order valence-electron chi connectivity index (χ4n) is 3.32. The van der Waals surface area contributed by atoms with Crippen LogP contribution >= 0.6 is 15.9 Å². The van der Waals surface area contributed by atoms with Crippen molar-refractivity contribution in [2.75, 3.05) is 5.73 Å². The smallest absolute Gasteiger partial charge is 0.191 e. The predicted molar refractivity (Wildman–Crippen MR) is 105 cm³/mol. The molecule has 146 valence electrons. The number of nitrogen functional groups attached to an aromatic ring is 1. The second kappa shape index (κ2) is 7.54. The van der Waals surface area contributed by atoms with Crippen LogP contribution in [0.3, 0.4) is 0 Å². The lowest BCUT2D eigenvalue weighted by molar-refractivity contribution is 0.492. The Morgan fingerprint density at radius 1 is 1.25 bits per heavy atom. The molecule has 1 fully saturated rings. The van der Waals surface area contributed by atoms with Gasteiger partial charge in [-0.15, -0.1) is 5.10 Å². The lowest BCUT2D eigenvalue weighted by Crippen LogP contribution is -2.09. The van der Waals surface area contributed by atoms with Crippen molar-refractivity contribution in [2.24, 2.45) is 0 Å². The molecule has 6 nitrogen and oxygen atoms in total. The van der Waals surface area contributed by atoms with Gasteiger partial charge in [-0.2, -0.15) is 4.68 Å². The third-order valence-electron chi connectivity index (χ3n) is 4.97. The fraction of sp³-hybridized carbons (Fsp3) is 0.368. The average molecular weight is 449 g/mol. The van der Waals surface area contributed by atoms with Crippen molar-refractivity contribution in [3.8, 4) is 17.1 Å². The molecule has 3 aromatic rings. The van der Waals surface area contributed by atoms with Crippen molar-refractivity contribution in [1.82, 2.24) is 25.2 Å². The molecule has 9 heteroatoms. The van der Waals surface area contributed by atoms with Crippen LogP contribution in [0.1, 0.15) is 49.7 Å². The van der Waals surface area contributed by atoms with Crippen molar-refractivity contribution < 1.29 is 8.78 Å². The number of benzene rings is 1. The molecule has 0 bridgehead atoms. The van der Waals surface area contributed by atoms with E-state index < -0.39 is 11.6 Å². The Morgan fingerprint density at radius 3 is 2.75 bits per heavy atom. The molecule has 1 aromatic carbocycles. The molecular formula is C19H19BrF2N6. The number of nitrogens with two attached hydrogens (primary N) is 1. The van der Waals surface area contributed by atoms with E-state index in [9.17, 15) is 8.78 Å². The van der Waals surface area contributed by atoms with Gasteiger partial charge in [-0.1, -0.05) is 19.4 Å². The van der Waals surface area contributed by atoms with Gasteiger partial charge in [0.15, 0.2) is 17.5 Å². The van der Waals surface area contributed by atoms with Gasteiger partial charge in [0.1, 0.15) is 11.5 Å². The van der Waals surface area contributed by atoms with Crippen LogP contribution in [-0.4, -0.2) is 25.2 Å². The summed E-state index contributed by atoms with van der Waals surface area (Å²) in [6, 6.07) is 3.12. The molecule has 0 saturated heterocycles. The number of unbranched alkanes of at least 4 members (excludes halogenated alkanes) is 1. The minimum absolute atomic E-state index is 0.0530. The molecule has 1 aliphatic carbocycles. The molecule has 0 aliphatic heterocycles. The van der Waals surface area contributed by atoms with Gasteiger partial charge in [-0.3, -0.25) is 0 Å². The number of nitrogens with zero attached hydrogens (tertiary/aromatic N) is 5. The minimum atomic E-state index is -0.963. The minimum Gasteiger partial charge on any atom is -0.383 e. The number of halogens is 3. The van der Waals surface area contributed by atoms with E-state index in [1.807, 2.05) is 0 Å². The summed E-state index contributed by atoms with van der Waals surface area (Å²) in [5.41, 5.74) is 7.90. The third-order valence-corrected chi connectivity index (χ3v) is 5.66.